The van der Waals surface area contributed by atoms with E-state index in [0.717, 1.165) is 54.6 Å². The summed E-state index contributed by atoms with van der Waals surface area (Å²) in [4.78, 5) is 19.5. The number of carbonyl (C=O) groups is 1. The molecule has 94 valence electrons. The number of aryl methyl sites for hydroxylation is 2. The molecular formula is C12H19N3OS. The Kier molecular flexibility index (Phi) is 4.12. The number of thiazole rings is 1. The van der Waals surface area contributed by atoms with Crippen molar-refractivity contribution in [2.75, 3.05) is 26.2 Å². The molecule has 1 aliphatic rings. The zero-order chi connectivity index (χ0) is 12.3. The van der Waals surface area contributed by atoms with Crippen molar-refractivity contribution in [3.63, 3.8) is 0 Å². The molecule has 17 heavy (non-hydrogen) atoms. The lowest BCUT2D eigenvalue weighted by Gasteiger charge is -2.27. The molecule has 2 rings (SSSR count). The van der Waals surface area contributed by atoms with Crippen LogP contribution in [0.3, 0.4) is 0 Å². The van der Waals surface area contributed by atoms with Crippen LogP contribution < -0.4 is 5.32 Å². The Balaban J connectivity index is 2.12. The Bertz CT molecular complexity index is 396. The van der Waals surface area contributed by atoms with Crippen LogP contribution in [0.15, 0.2) is 0 Å². The van der Waals surface area contributed by atoms with Crippen LogP contribution in [0.4, 0.5) is 0 Å². The lowest BCUT2D eigenvalue weighted by Crippen LogP contribution is -2.46. The molecule has 0 aromatic carbocycles. The fraction of sp³-hybridized carbons (Fsp3) is 0.667. The van der Waals surface area contributed by atoms with Gasteiger partial charge in [0.05, 0.1) is 10.7 Å². The molecule has 1 saturated heterocycles. The van der Waals surface area contributed by atoms with Gasteiger partial charge in [-0.05, 0) is 19.8 Å². The second kappa shape index (κ2) is 5.60. The van der Waals surface area contributed by atoms with Crippen LogP contribution in [0.25, 0.3) is 0 Å². The highest BCUT2D eigenvalue weighted by Gasteiger charge is 2.22. The Hall–Kier alpha value is -0.940. The first-order valence-electron chi connectivity index (χ1n) is 6.18. The fourth-order valence-electron chi connectivity index (χ4n) is 1.98. The van der Waals surface area contributed by atoms with E-state index in [4.69, 9.17) is 0 Å². The third kappa shape index (κ3) is 2.84. The van der Waals surface area contributed by atoms with Gasteiger partial charge in [0.25, 0.3) is 5.91 Å². The molecule has 1 aliphatic heterocycles. The third-order valence-electron chi connectivity index (χ3n) is 2.90. The molecule has 0 unspecified atom stereocenters. The van der Waals surface area contributed by atoms with Gasteiger partial charge in [-0.25, -0.2) is 4.98 Å². The summed E-state index contributed by atoms with van der Waals surface area (Å²) in [7, 11) is 0. The van der Waals surface area contributed by atoms with Crippen LogP contribution in [0.5, 0.6) is 0 Å². The highest BCUT2D eigenvalue weighted by Crippen LogP contribution is 2.21. The second-order valence-corrected chi connectivity index (χ2v) is 5.40. The van der Waals surface area contributed by atoms with E-state index >= 15 is 0 Å². The van der Waals surface area contributed by atoms with Crippen molar-refractivity contribution in [1.82, 2.24) is 15.2 Å². The van der Waals surface area contributed by atoms with Gasteiger partial charge in [0.15, 0.2) is 0 Å². The molecule has 0 atom stereocenters. The summed E-state index contributed by atoms with van der Waals surface area (Å²) in [6.07, 6.45) is 2.05. The molecule has 0 aliphatic carbocycles. The predicted octanol–water partition coefficient (Wildman–Crippen LogP) is 1.45. The van der Waals surface area contributed by atoms with Gasteiger partial charge >= 0.3 is 0 Å². The molecule has 0 spiro atoms. The monoisotopic (exact) mass is 253 g/mol. The SMILES string of the molecule is CCCc1nc(C)c(C(=O)N2CCNCC2)s1. The zero-order valence-corrected chi connectivity index (χ0v) is 11.3. The zero-order valence-electron chi connectivity index (χ0n) is 10.5. The van der Waals surface area contributed by atoms with E-state index in [1.165, 1.54) is 0 Å². The number of nitrogens with zero attached hydrogens (tertiary/aromatic N) is 2. The van der Waals surface area contributed by atoms with Gasteiger partial charge < -0.3 is 10.2 Å². The number of hydrogen-bond acceptors (Lipinski definition) is 4. The standard InChI is InChI=1S/C12H19N3OS/c1-3-4-10-14-9(2)11(17-10)12(16)15-7-5-13-6-8-15/h13H,3-8H2,1-2H3. The van der Waals surface area contributed by atoms with Crippen LogP contribution in [0.2, 0.25) is 0 Å². The normalized spacial score (nSPS) is 16.2. The lowest BCUT2D eigenvalue weighted by atomic mass is 10.3. The number of rotatable bonds is 3. The number of hydrogen-bond donors (Lipinski definition) is 1. The van der Waals surface area contributed by atoms with Gasteiger partial charge in [0.1, 0.15) is 4.88 Å². The smallest absolute Gasteiger partial charge is 0.265 e. The van der Waals surface area contributed by atoms with E-state index in [2.05, 4.69) is 17.2 Å². The Labute approximate surface area is 106 Å². The Morgan fingerprint density at radius 1 is 1.47 bits per heavy atom. The third-order valence-corrected chi connectivity index (χ3v) is 4.11. The van der Waals surface area contributed by atoms with Crippen molar-refractivity contribution < 1.29 is 4.79 Å². The van der Waals surface area contributed by atoms with E-state index in [0.29, 0.717) is 0 Å². The molecule has 5 heteroatoms. The summed E-state index contributed by atoms with van der Waals surface area (Å²) < 4.78 is 0. The fourth-order valence-corrected chi connectivity index (χ4v) is 3.12. The topological polar surface area (TPSA) is 45.2 Å². The van der Waals surface area contributed by atoms with Crippen LogP contribution >= 0.6 is 11.3 Å². The summed E-state index contributed by atoms with van der Waals surface area (Å²) in [5.41, 5.74) is 0.891. The number of aromatic nitrogens is 1. The summed E-state index contributed by atoms with van der Waals surface area (Å²) in [5.74, 6) is 0.156. The first kappa shape index (κ1) is 12.5. The maximum atomic E-state index is 12.3. The van der Waals surface area contributed by atoms with Gasteiger partial charge in [-0.1, -0.05) is 6.92 Å². The van der Waals surface area contributed by atoms with Gasteiger partial charge in [0.2, 0.25) is 0 Å². The van der Waals surface area contributed by atoms with Crippen molar-refractivity contribution in [1.29, 1.82) is 0 Å². The molecule has 1 amide bonds. The molecule has 0 saturated carbocycles. The van der Waals surface area contributed by atoms with E-state index in [-0.39, 0.29) is 5.91 Å². The minimum Gasteiger partial charge on any atom is -0.335 e. The summed E-state index contributed by atoms with van der Waals surface area (Å²) in [5, 5.41) is 4.34. The molecule has 2 heterocycles. The summed E-state index contributed by atoms with van der Waals surface area (Å²) in [6, 6.07) is 0. The summed E-state index contributed by atoms with van der Waals surface area (Å²) in [6.45, 7) is 7.47. The molecular weight excluding hydrogens is 234 g/mol. The van der Waals surface area contributed by atoms with Crippen LogP contribution in [0, 0.1) is 6.92 Å². The number of amides is 1. The highest BCUT2D eigenvalue weighted by molar-refractivity contribution is 7.13. The van der Waals surface area contributed by atoms with Crippen LogP contribution in [-0.4, -0.2) is 42.0 Å². The first-order chi connectivity index (χ1) is 8.22. The maximum Gasteiger partial charge on any atom is 0.265 e. The van der Waals surface area contributed by atoms with Crippen molar-refractivity contribution in [2.24, 2.45) is 0 Å². The minimum atomic E-state index is 0.156. The molecule has 1 aromatic heterocycles. The van der Waals surface area contributed by atoms with Crippen LogP contribution in [-0.2, 0) is 6.42 Å². The van der Waals surface area contributed by atoms with E-state index in [9.17, 15) is 4.79 Å². The summed E-state index contributed by atoms with van der Waals surface area (Å²) >= 11 is 1.56. The number of piperazine rings is 1. The average Bonchev–Trinajstić information content (AvgIpc) is 2.71. The quantitative estimate of drug-likeness (QED) is 0.887. The molecule has 4 nitrogen and oxygen atoms in total. The molecule has 0 radical (unpaired) electrons. The second-order valence-electron chi connectivity index (χ2n) is 4.31. The molecule has 0 bridgehead atoms. The largest absolute Gasteiger partial charge is 0.335 e. The maximum absolute atomic E-state index is 12.3. The van der Waals surface area contributed by atoms with Crippen molar-refractivity contribution >= 4 is 17.2 Å². The molecule has 1 aromatic rings. The predicted molar refractivity (Wildman–Crippen MR) is 69.6 cm³/mol. The first-order valence-corrected chi connectivity index (χ1v) is 7.00. The minimum absolute atomic E-state index is 0.156. The van der Waals surface area contributed by atoms with Crippen molar-refractivity contribution in [2.45, 2.75) is 26.7 Å². The highest BCUT2D eigenvalue weighted by atomic mass is 32.1. The van der Waals surface area contributed by atoms with Gasteiger partial charge in [-0.3, -0.25) is 4.79 Å². The lowest BCUT2D eigenvalue weighted by molar-refractivity contribution is 0.0740. The molecule has 1 fully saturated rings. The van der Waals surface area contributed by atoms with Crippen molar-refractivity contribution in [3.8, 4) is 0 Å². The van der Waals surface area contributed by atoms with E-state index < -0.39 is 0 Å². The number of carbonyl (C=O) groups excluding carboxylic acids is 1. The Morgan fingerprint density at radius 3 is 2.82 bits per heavy atom. The van der Waals surface area contributed by atoms with E-state index in [1.807, 2.05) is 11.8 Å². The Morgan fingerprint density at radius 2 is 2.18 bits per heavy atom. The van der Waals surface area contributed by atoms with Gasteiger partial charge in [0, 0.05) is 26.2 Å². The average molecular weight is 253 g/mol. The number of nitrogens with one attached hydrogen (secondary N) is 1. The van der Waals surface area contributed by atoms with Gasteiger partial charge in [-0.15, -0.1) is 11.3 Å². The van der Waals surface area contributed by atoms with E-state index in [1.54, 1.807) is 11.3 Å². The van der Waals surface area contributed by atoms with Crippen molar-refractivity contribution in [3.05, 3.63) is 15.6 Å². The van der Waals surface area contributed by atoms with Crippen LogP contribution in [0.1, 0.15) is 33.7 Å². The van der Waals surface area contributed by atoms with Gasteiger partial charge in [-0.2, -0.15) is 0 Å². The molecule has 1 N–H and O–H groups in total.